The van der Waals surface area contributed by atoms with Gasteiger partial charge in [-0.25, -0.2) is 0 Å². The maximum atomic E-state index is 11.8. The zero-order valence-corrected chi connectivity index (χ0v) is 27.6. The molecule has 236 valence electrons. The van der Waals surface area contributed by atoms with E-state index in [9.17, 15) is 10.2 Å². The molecule has 0 saturated heterocycles. The first kappa shape index (κ1) is 32.4. The molecule has 3 aliphatic carbocycles. The van der Waals surface area contributed by atoms with Crippen LogP contribution in [0, 0.1) is 0 Å². The zero-order valence-electron chi connectivity index (χ0n) is 27.6. The molecule has 2 N–H and O–H groups in total. The monoisotopic (exact) mass is 592 g/mol. The Balaban J connectivity index is 1.73. The highest BCUT2D eigenvalue weighted by molar-refractivity contribution is 5.56. The van der Waals surface area contributed by atoms with Crippen molar-refractivity contribution in [3.05, 3.63) is 106 Å². The van der Waals surface area contributed by atoms with Gasteiger partial charge in [0.05, 0.1) is 0 Å². The van der Waals surface area contributed by atoms with Gasteiger partial charge in [0.25, 0.3) is 0 Å². The van der Waals surface area contributed by atoms with E-state index in [2.05, 4.69) is 63.4 Å². The Morgan fingerprint density at radius 3 is 1.39 bits per heavy atom. The molecule has 0 unspecified atom stereocenters. The normalized spacial score (nSPS) is 20.4. The Labute approximate surface area is 267 Å². The smallest absolute Gasteiger partial charge is 0.122 e. The summed E-state index contributed by atoms with van der Waals surface area (Å²) in [4.78, 5) is 0. The SMILES string of the molecule is C=C/C(=C\C)Cc1cc(C2(c3cc(C/C(C=C)=C/C)c(O)c(C4CCCCC4)c3)CCCCC2)cc(C2CCCCC2)c1O. The van der Waals surface area contributed by atoms with Gasteiger partial charge in [-0.1, -0.05) is 120 Å². The summed E-state index contributed by atoms with van der Waals surface area (Å²) in [5, 5.41) is 23.6. The minimum Gasteiger partial charge on any atom is -0.507 e. The Hall–Kier alpha value is -3.00. The van der Waals surface area contributed by atoms with Gasteiger partial charge in [-0.3, -0.25) is 0 Å². The number of rotatable bonds is 10. The van der Waals surface area contributed by atoms with Crippen molar-refractivity contribution < 1.29 is 10.2 Å². The largest absolute Gasteiger partial charge is 0.507 e. The van der Waals surface area contributed by atoms with E-state index in [4.69, 9.17) is 0 Å². The van der Waals surface area contributed by atoms with Gasteiger partial charge in [0, 0.05) is 18.3 Å². The lowest BCUT2D eigenvalue weighted by Gasteiger charge is -2.41. The lowest BCUT2D eigenvalue weighted by molar-refractivity contribution is 0.341. The lowest BCUT2D eigenvalue weighted by atomic mass is 9.63. The van der Waals surface area contributed by atoms with Gasteiger partial charge < -0.3 is 10.2 Å². The van der Waals surface area contributed by atoms with Crippen LogP contribution in [-0.4, -0.2) is 10.2 Å². The number of hydrogen-bond donors (Lipinski definition) is 2. The van der Waals surface area contributed by atoms with Crippen LogP contribution in [0.1, 0.15) is 155 Å². The highest BCUT2D eigenvalue weighted by atomic mass is 16.3. The fourth-order valence-electron chi connectivity index (χ4n) is 8.63. The van der Waals surface area contributed by atoms with Crippen molar-refractivity contribution in [2.75, 3.05) is 0 Å². The van der Waals surface area contributed by atoms with Crippen LogP contribution >= 0.6 is 0 Å². The number of phenolic OH excluding ortho intramolecular Hbond substituents is 2. The third kappa shape index (κ3) is 6.80. The highest BCUT2D eigenvalue weighted by Gasteiger charge is 2.39. The van der Waals surface area contributed by atoms with E-state index >= 15 is 0 Å². The van der Waals surface area contributed by atoms with Gasteiger partial charge in [-0.05, 0) is 109 Å². The second-order valence-corrected chi connectivity index (χ2v) is 13.9. The molecule has 2 nitrogen and oxygen atoms in total. The average molecular weight is 593 g/mol. The van der Waals surface area contributed by atoms with Crippen molar-refractivity contribution >= 4 is 0 Å². The number of phenols is 2. The summed E-state index contributed by atoms with van der Waals surface area (Å²) in [6.07, 6.45) is 27.6. The molecule has 0 heterocycles. The van der Waals surface area contributed by atoms with Gasteiger partial charge in [-0.15, -0.1) is 0 Å². The van der Waals surface area contributed by atoms with E-state index in [0.717, 1.165) is 71.9 Å². The predicted molar refractivity (Wildman–Crippen MR) is 187 cm³/mol. The van der Waals surface area contributed by atoms with Crippen LogP contribution in [0.25, 0.3) is 0 Å². The fourth-order valence-corrected chi connectivity index (χ4v) is 8.63. The van der Waals surface area contributed by atoms with Crippen molar-refractivity contribution in [1.29, 1.82) is 0 Å². The molecule has 2 heteroatoms. The predicted octanol–water partition coefficient (Wildman–Crippen LogP) is 11.8. The standard InChI is InChI=1S/C42H56O2/c1-5-30(6-2)24-34-26-36(28-38(40(34)43)32-18-12-9-13-19-32)42(22-16-11-17-23-42)37-27-35(25-31(7-3)8-4)41(44)39(29-37)33-20-14-10-15-21-33/h5-8,26-29,32-33,43-44H,1,3,9-25H2,2,4H3/b30-6+,31-8+. The van der Waals surface area contributed by atoms with E-state index in [1.165, 1.54) is 68.9 Å². The summed E-state index contributed by atoms with van der Waals surface area (Å²) >= 11 is 0. The maximum absolute atomic E-state index is 11.8. The molecular formula is C42H56O2. The Morgan fingerprint density at radius 2 is 1.02 bits per heavy atom. The van der Waals surface area contributed by atoms with Crippen LogP contribution in [0.2, 0.25) is 0 Å². The van der Waals surface area contributed by atoms with Crippen LogP contribution < -0.4 is 0 Å². The molecule has 0 radical (unpaired) electrons. The topological polar surface area (TPSA) is 40.5 Å². The van der Waals surface area contributed by atoms with Gasteiger partial charge in [0.1, 0.15) is 11.5 Å². The minimum atomic E-state index is -0.134. The number of aromatic hydroxyl groups is 2. The molecule has 2 aromatic rings. The van der Waals surface area contributed by atoms with Crippen molar-refractivity contribution in [1.82, 2.24) is 0 Å². The highest BCUT2D eigenvalue weighted by Crippen LogP contribution is 2.51. The molecule has 3 saturated carbocycles. The Bertz CT molecular complexity index is 1270. The van der Waals surface area contributed by atoms with Crippen molar-refractivity contribution in [3.8, 4) is 11.5 Å². The second-order valence-electron chi connectivity index (χ2n) is 13.9. The Kier molecular flexibility index (Phi) is 10.9. The van der Waals surface area contributed by atoms with Crippen LogP contribution in [0.4, 0.5) is 0 Å². The summed E-state index contributed by atoms with van der Waals surface area (Å²) in [6.45, 7) is 12.3. The molecule has 5 rings (SSSR count). The quantitative estimate of drug-likeness (QED) is 0.269. The minimum absolute atomic E-state index is 0.134. The third-order valence-corrected chi connectivity index (χ3v) is 11.4. The number of allylic oxidation sites excluding steroid dienone is 6. The first-order chi connectivity index (χ1) is 21.4. The van der Waals surface area contributed by atoms with Crippen LogP contribution in [0.15, 0.2) is 72.9 Å². The molecule has 3 aliphatic rings. The third-order valence-electron chi connectivity index (χ3n) is 11.4. The molecule has 0 atom stereocenters. The van der Waals surface area contributed by atoms with Crippen molar-refractivity contribution in [2.24, 2.45) is 0 Å². The second kappa shape index (κ2) is 14.9. The molecule has 0 bridgehead atoms. The zero-order chi connectivity index (χ0) is 31.1. The fraction of sp³-hybridized carbons (Fsp3) is 0.524. The van der Waals surface area contributed by atoms with Crippen molar-refractivity contribution in [2.45, 2.75) is 140 Å². The number of benzene rings is 2. The first-order valence-corrected chi connectivity index (χ1v) is 17.7. The molecule has 2 aromatic carbocycles. The molecule has 44 heavy (non-hydrogen) atoms. The first-order valence-electron chi connectivity index (χ1n) is 17.7. The summed E-state index contributed by atoms with van der Waals surface area (Å²) in [5.41, 5.74) is 9.30. The summed E-state index contributed by atoms with van der Waals surface area (Å²) in [5.74, 6) is 1.84. The molecule has 0 amide bonds. The van der Waals surface area contributed by atoms with Crippen molar-refractivity contribution in [3.63, 3.8) is 0 Å². The van der Waals surface area contributed by atoms with Crippen LogP contribution in [0.5, 0.6) is 11.5 Å². The van der Waals surface area contributed by atoms with E-state index in [1.807, 2.05) is 12.2 Å². The Morgan fingerprint density at radius 1 is 0.636 bits per heavy atom. The van der Waals surface area contributed by atoms with Crippen LogP contribution in [0.3, 0.4) is 0 Å². The van der Waals surface area contributed by atoms with Gasteiger partial charge in [-0.2, -0.15) is 0 Å². The van der Waals surface area contributed by atoms with E-state index in [0.29, 0.717) is 36.2 Å². The van der Waals surface area contributed by atoms with E-state index in [-0.39, 0.29) is 5.41 Å². The van der Waals surface area contributed by atoms with E-state index < -0.39 is 0 Å². The maximum Gasteiger partial charge on any atom is 0.122 e. The molecule has 0 aliphatic heterocycles. The van der Waals surface area contributed by atoms with E-state index in [1.54, 1.807) is 0 Å². The average Bonchev–Trinajstić information content (AvgIpc) is 3.08. The van der Waals surface area contributed by atoms with Gasteiger partial charge in [0.15, 0.2) is 0 Å². The van der Waals surface area contributed by atoms with Gasteiger partial charge >= 0.3 is 0 Å². The summed E-state index contributed by atoms with van der Waals surface area (Å²) in [6, 6.07) is 9.51. The summed E-state index contributed by atoms with van der Waals surface area (Å²) in [7, 11) is 0. The molecule has 0 spiro atoms. The lowest BCUT2D eigenvalue weighted by Crippen LogP contribution is -2.31. The number of hydrogen-bond acceptors (Lipinski definition) is 2. The summed E-state index contributed by atoms with van der Waals surface area (Å²) < 4.78 is 0. The molecule has 0 aromatic heterocycles. The van der Waals surface area contributed by atoms with Crippen LogP contribution in [-0.2, 0) is 18.3 Å². The molecule has 3 fully saturated rings. The van der Waals surface area contributed by atoms with Gasteiger partial charge in [0.2, 0.25) is 0 Å². The molecular weight excluding hydrogens is 536 g/mol.